The van der Waals surface area contributed by atoms with Gasteiger partial charge in [0.05, 0.1) is 17.9 Å². The highest BCUT2D eigenvalue weighted by molar-refractivity contribution is 5.98. The van der Waals surface area contributed by atoms with Crippen molar-refractivity contribution in [3.05, 3.63) is 59.2 Å². The molecule has 0 fully saturated rings. The van der Waals surface area contributed by atoms with Crippen LogP contribution in [0.1, 0.15) is 28.4 Å². The van der Waals surface area contributed by atoms with Crippen LogP contribution < -0.4 is 10.5 Å². The van der Waals surface area contributed by atoms with Gasteiger partial charge < -0.3 is 15.4 Å². The van der Waals surface area contributed by atoms with Gasteiger partial charge in [0.2, 0.25) is 0 Å². The van der Waals surface area contributed by atoms with Crippen molar-refractivity contribution in [1.82, 2.24) is 4.90 Å². The van der Waals surface area contributed by atoms with Crippen molar-refractivity contribution in [2.24, 2.45) is 0 Å². The van der Waals surface area contributed by atoms with E-state index in [2.05, 4.69) is 12.1 Å². The van der Waals surface area contributed by atoms with Crippen LogP contribution in [0.5, 0.6) is 5.75 Å². The van der Waals surface area contributed by atoms with Crippen LogP contribution in [0.2, 0.25) is 0 Å². The number of benzene rings is 2. The van der Waals surface area contributed by atoms with Gasteiger partial charge in [-0.15, -0.1) is 0 Å². The Morgan fingerprint density at radius 2 is 1.81 bits per heavy atom. The summed E-state index contributed by atoms with van der Waals surface area (Å²) in [7, 11) is 0. The molecule has 2 aromatic rings. The number of para-hydroxylation sites is 1. The lowest BCUT2D eigenvalue weighted by atomic mass is 10.1. The molecule has 0 bridgehead atoms. The van der Waals surface area contributed by atoms with Crippen molar-refractivity contribution in [1.29, 1.82) is 0 Å². The Kier molecular flexibility index (Phi) is 3.52. The fraction of sp³-hybridized carbons (Fsp3) is 0.235. The van der Waals surface area contributed by atoms with Gasteiger partial charge in [0.25, 0.3) is 5.91 Å². The summed E-state index contributed by atoms with van der Waals surface area (Å²) in [5, 5.41) is 0. The number of nitrogens with two attached hydrogens (primary N) is 1. The fourth-order valence-corrected chi connectivity index (χ4v) is 2.68. The molecule has 0 aromatic heterocycles. The maximum atomic E-state index is 12.8. The first kappa shape index (κ1) is 13.5. The highest BCUT2D eigenvalue weighted by Crippen LogP contribution is 2.30. The van der Waals surface area contributed by atoms with E-state index in [4.69, 9.17) is 10.5 Å². The molecule has 0 saturated carbocycles. The minimum absolute atomic E-state index is 0.0399. The molecule has 1 aliphatic heterocycles. The van der Waals surface area contributed by atoms with Crippen LogP contribution in [-0.2, 0) is 13.1 Å². The number of carbonyl (C=O) groups is 1. The van der Waals surface area contributed by atoms with Crippen molar-refractivity contribution in [3.8, 4) is 5.75 Å². The minimum Gasteiger partial charge on any atom is -0.491 e. The SMILES string of the molecule is CCOc1c(N)cccc1C(=O)N1Cc2ccccc2C1. The number of carbonyl (C=O) groups excluding carboxylic acids is 1. The lowest BCUT2D eigenvalue weighted by Gasteiger charge is -2.18. The first-order valence-electron chi connectivity index (χ1n) is 7.08. The van der Waals surface area contributed by atoms with E-state index in [1.807, 2.05) is 24.0 Å². The maximum Gasteiger partial charge on any atom is 0.258 e. The van der Waals surface area contributed by atoms with Gasteiger partial charge in [0.1, 0.15) is 0 Å². The van der Waals surface area contributed by atoms with Gasteiger partial charge in [-0.05, 0) is 30.2 Å². The van der Waals surface area contributed by atoms with Gasteiger partial charge >= 0.3 is 0 Å². The third kappa shape index (κ3) is 2.44. The summed E-state index contributed by atoms with van der Waals surface area (Å²) in [5.74, 6) is 0.447. The molecule has 108 valence electrons. The van der Waals surface area contributed by atoms with Crippen molar-refractivity contribution >= 4 is 11.6 Å². The van der Waals surface area contributed by atoms with Crippen LogP contribution in [0.15, 0.2) is 42.5 Å². The van der Waals surface area contributed by atoms with Crippen molar-refractivity contribution < 1.29 is 9.53 Å². The third-order valence-corrected chi connectivity index (χ3v) is 3.69. The fourth-order valence-electron chi connectivity index (χ4n) is 2.68. The van der Waals surface area contributed by atoms with Crippen LogP contribution in [0, 0.1) is 0 Å². The first-order chi connectivity index (χ1) is 10.2. The van der Waals surface area contributed by atoms with E-state index in [-0.39, 0.29) is 5.91 Å². The van der Waals surface area contributed by atoms with E-state index in [0.717, 1.165) is 0 Å². The molecule has 2 N–H and O–H groups in total. The molecule has 0 saturated heterocycles. The predicted molar refractivity (Wildman–Crippen MR) is 82.0 cm³/mol. The predicted octanol–water partition coefficient (Wildman–Crippen LogP) is 2.82. The topological polar surface area (TPSA) is 55.6 Å². The van der Waals surface area contributed by atoms with Gasteiger partial charge in [0.15, 0.2) is 5.75 Å². The van der Waals surface area contributed by atoms with Gasteiger partial charge in [-0.3, -0.25) is 4.79 Å². The molecule has 4 heteroatoms. The number of hydrogen-bond acceptors (Lipinski definition) is 3. The lowest BCUT2D eigenvalue weighted by molar-refractivity contribution is 0.0747. The van der Waals surface area contributed by atoms with Crippen LogP contribution in [0.4, 0.5) is 5.69 Å². The molecule has 3 rings (SSSR count). The molecule has 1 aliphatic rings. The summed E-state index contributed by atoms with van der Waals surface area (Å²) >= 11 is 0. The number of rotatable bonds is 3. The van der Waals surface area contributed by atoms with E-state index in [1.54, 1.807) is 18.2 Å². The Morgan fingerprint density at radius 3 is 2.43 bits per heavy atom. The number of anilines is 1. The van der Waals surface area contributed by atoms with Gasteiger partial charge in [-0.25, -0.2) is 0 Å². The molecule has 0 aliphatic carbocycles. The molecule has 1 heterocycles. The summed E-state index contributed by atoms with van der Waals surface area (Å²) in [6.07, 6.45) is 0. The second-order valence-corrected chi connectivity index (χ2v) is 5.09. The second-order valence-electron chi connectivity index (χ2n) is 5.09. The molecule has 0 radical (unpaired) electrons. The molecular weight excluding hydrogens is 264 g/mol. The monoisotopic (exact) mass is 282 g/mol. The van der Waals surface area contributed by atoms with E-state index in [1.165, 1.54) is 11.1 Å². The smallest absolute Gasteiger partial charge is 0.258 e. The van der Waals surface area contributed by atoms with Crippen LogP contribution in [0.25, 0.3) is 0 Å². The Hall–Kier alpha value is -2.49. The zero-order chi connectivity index (χ0) is 14.8. The minimum atomic E-state index is -0.0399. The van der Waals surface area contributed by atoms with E-state index >= 15 is 0 Å². The lowest BCUT2D eigenvalue weighted by Crippen LogP contribution is -2.26. The van der Waals surface area contributed by atoms with Crippen molar-refractivity contribution in [2.45, 2.75) is 20.0 Å². The van der Waals surface area contributed by atoms with Gasteiger partial charge in [-0.2, -0.15) is 0 Å². The van der Waals surface area contributed by atoms with Gasteiger partial charge in [0, 0.05) is 13.1 Å². The summed E-state index contributed by atoms with van der Waals surface area (Å²) in [6, 6.07) is 13.4. The second kappa shape index (κ2) is 5.48. The molecule has 0 unspecified atom stereocenters. The summed E-state index contributed by atoms with van der Waals surface area (Å²) in [4.78, 5) is 14.6. The maximum absolute atomic E-state index is 12.8. The highest BCUT2D eigenvalue weighted by Gasteiger charge is 2.26. The Balaban J connectivity index is 1.89. The van der Waals surface area contributed by atoms with Crippen LogP contribution >= 0.6 is 0 Å². The number of nitrogen functional groups attached to an aromatic ring is 1. The number of fused-ring (bicyclic) bond motifs is 1. The quantitative estimate of drug-likeness (QED) is 0.881. The summed E-state index contributed by atoms with van der Waals surface area (Å²) < 4.78 is 5.55. The number of hydrogen-bond donors (Lipinski definition) is 1. The van der Waals surface area contributed by atoms with E-state index in [0.29, 0.717) is 36.7 Å². The van der Waals surface area contributed by atoms with Crippen LogP contribution in [-0.4, -0.2) is 17.4 Å². The highest BCUT2D eigenvalue weighted by atomic mass is 16.5. The standard InChI is InChI=1S/C17H18N2O2/c1-2-21-16-14(8-5-9-15(16)18)17(20)19-10-12-6-3-4-7-13(12)11-19/h3-9H,2,10-11,18H2,1H3. The van der Waals surface area contributed by atoms with Crippen molar-refractivity contribution in [2.75, 3.05) is 12.3 Å². The molecule has 2 aromatic carbocycles. The Bertz CT molecular complexity index is 657. The van der Waals surface area contributed by atoms with Crippen molar-refractivity contribution in [3.63, 3.8) is 0 Å². The third-order valence-electron chi connectivity index (χ3n) is 3.69. The molecule has 4 nitrogen and oxygen atoms in total. The van der Waals surface area contributed by atoms with E-state index < -0.39 is 0 Å². The molecule has 0 atom stereocenters. The van der Waals surface area contributed by atoms with E-state index in [9.17, 15) is 4.79 Å². The normalized spacial score (nSPS) is 13.1. The first-order valence-corrected chi connectivity index (χ1v) is 7.08. The summed E-state index contributed by atoms with van der Waals surface area (Å²) in [5.41, 5.74) is 9.37. The molecule has 21 heavy (non-hydrogen) atoms. The zero-order valence-electron chi connectivity index (χ0n) is 12.0. The Morgan fingerprint density at radius 1 is 1.14 bits per heavy atom. The average Bonchev–Trinajstić information content (AvgIpc) is 2.93. The zero-order valence-corrected chi connectivity index (χ0v) is 12.0. The number of nitrogens with zero attached hydrogens (tertiary/aromatic N) is 1. The number of amides is 1. The van der Waals surface area contributed by atoms with Crippen LogP contribution in [0.3, 0.4) is 0 Å². The molecule has 0 spiro atoms. The number of ether oxygens (including phenoxy) is 1. The average molecular weight is 282 g/mol. The largest absolute Gasteiger partial charge is 0.491 e. The molecule has 1 amide bonds. The Labute approximate surface area is 124 Å². The van der Waals surface area contributed by atoms with Gasteiger partial charge in [-0.1, -0.05) is 30.3 Å². The summed E-state index contributed by atoms with van der Waals surface area (Å²) in [6.45, 7) is 3.63. The molecular formula is C17H18N2O2.